The van der Waals surface area contributed by atoms with E-state index in [9.17, 15) is 4.79 Å². The molecule has 0 unspecified atom stereocenters. The number of nitrogens with one attached hydrogen (secondary N) is 2. The Morgan fingerprint density at radius 1 is 1.55 bits per heavy atom. The second-order valence-electron chi connectivity index (χ2n) is 5.67. The predicted molar refractivity (Wildman–Crippen MR) is 79.8 cm³/mol. The summed E-state index contributed by atoms with van der Waals surface area (Å²) >= 11 is 0. The molecule has 2 aromatic rings. The van der Waals surface area contributed by atoms with Crippen molar-refractivity contribution in [1.29, 1.82) is 0 Å². The van der Waals surface area contributed by atoms with Crippen molar-refractivity contribution in [3.8, 4) is 0 Å². The molecule has 0 saturated carbocycles. The largest absolute Gasteiger partial charge is 0.373 e. The summed E-state index contributed by atoms with van der Waals surface area (Å²) in [4.78, 5) is 12.5. The minimum absolute atomic E-state index is 0.0224. The van der Waals surface area contributed by atoms with Crippen molar-refractivity contribution in [2.24, 2.45) is 13.0 Å². The van der Waals surface area contributed by atoms with E-state index in [1.165, 1.54) is 0 Å². The molecule has 2 aromatic heterocycles. The average Bonchev–Trinajstić information content (AvgIpc) is 3.17. The highest BCUT2D eigenvalue weighted by Gasteiger charge is 2.33. The molecule has 7 heteroatoms. The van der Waals surface area contributed by atoms with Crippen LogP contribution in [-0.2, 0) is 23.1 Å². The zero-order valence-electron chi connectivity index (χ0n) is 12.9. The molecule has 2 atom stereocenters. The second-order valence-corrected chi connectivity index (χ2v) is 5.67. The predicted octanol–water partition coefficient (Wildman–Crippen LogP) is 1.24. The lowest BCUT2D eigenvalue weighted by Gasteiger charge is -2.30. The molecular weight excluding hydrogens is 282 g/mol. The molecule has 118 valence electrons. The summed E-state index contributed by atoms with van der Waals surface area (Å²) < 4.78 is 7.60. The van der Waals surface area contributed by atoms with Gasteiger partial charge in [-0.25, -0.2) is 0 Å². The van der Waals surface area contributed by atoms with Crippen molar-refractivity contribution < 1.29 is 9.53 Å². The van der Waals surface area contributed by atoms with Crippen LogP contribution in [0.25, 0.3) is 0 Å². The lowest BCUT2D eigenvalue weighted by Crippen LogP contribution is -2.37. The third-order valence-electron chi connectivity index (χ3n) is 4.30. The molecular formula is C15H21N5O2. The van der Waals surface area contributed by atoms with Crippen LogP contribution in [0.5, 0.6) is 0 Å². The van der Waals surface area contributed by atoms with Crippen LogP contribution in [0, 0.1) is 12.8 Å². The van der Waals surface area contributed by atoms with Gasteiger partial charge in [0.15, 0.2) is 0 Å². The van der Waals surface area contributed by atoms with Gasteiger partial charge in [0.05, 0.1) is 24.4 Å². The van der Waals surface area contributed by atoms with E-state index in [4.69, 9.17) is 4.74 Å². The van der Waals surface area contributed by atoms with E-state index in [-0.39, 0.29) is 17.9 Å². The van der Waals surface area contributed by atoms with E-state index in [2.05, 4.69) is 20.6 Å². The maximum Gasteiger partial charge on any atom is 0.226 e. The van der Waals surface area contributed by atoms with Crippen molar-refractivity contribution in [2.75, 3.05) is 6.61 Å². The Bertz CT molecular complexity index is 634. The molecule has 0 aliphatic carbocycles. The van der Waals surface area contributed by atoms with Crippen molar-refractivity contribution in [2.45, 2.75) is 32.4 Å². The summed E-state index contributed by atoms with van der Waals surface area (Å²) in [6.45, 7) is 3.17. The maximum absolute atomic E-state index is 12.5. The van der Waals surface area contributed by atoms with Gasteiger partial charge in [-0.15, -0.1) is 0 Å². The van der Waals surface area contributed by atoms with E-state index in [1.807, 2.05) is 14.0 Å². The van der Waals surface area contributed by atoms with Crippen LogP contribution in [-0.4, -0.2) is 32.5 Å². The monoisotopic (exact) mass is 303 g/mol. The Labute approximate surface area is 129 Å². The highest BCUT2D eigenvalue weighted by molar-refractivity contribution is 5.79. The Morgan fingerprint density at radius 2 is 2.41 bits per heavy atom. The first-order valence-electron chi connectivity index (χ1n) is 7.52. The van der Waals surface area contributed by atoms with Crippen LogP contribution in [0.3, 0.4) is 0 Å². The molecule has 0 bridgehead atoms. The summed E-state index contributed by atoms with van der Waals surface area (Å²) in [6, 6.07) is 0. The summed E-state index contributed by atoms with van der Waals surface area (Å²) in [5.74, 6) is -0.155. The Kier molecular flexibility index (Phi) is 4.24. The molecule has 1 amide bonds. The number of nitrogens with zero attached hydrogens (tertiary/aromatic N) is 3. The van der Waals surface area contributed by atoms with E-state index in [0.717, 1.165) is 29.7 Å². The number of ether oxygens (including phenoxy) is 1. The molecule has 3 heterocycles. The van der Waals surface area contributed by atoms with Crippen LogP contribution in [0.1, 0.15) is 35.8 Å². The van der Waals surface area contributed by atoms with Crippen molar-refractivity contribution in [1.82, 2.24) is 25.3 Å². The van der Waals surface area contributed by atoms with E-state index in [1.54, 1.807) is 23.3 Å². The fraction of sp³-hybridized carbons (Fsp3) is 0.533. The molecule has 1 aliphatic rings. The highest BCUT2D eigenvalue weighted by atomic mass is 16.5. The highest BCUT2D eigenvalue weighted by Crippen LogP contribution is 2.33. The second kappa shape index (κ2) is 6.31. The van der Waals surface area contributed by atoms with E-state index < -0.39 is 0 Å². The van der Waals surface area contributed by atoms with Gasteiger partial charge in [0.2, 0.25) is 5.91 Å². The number of aryl methyl sites for hydroxylation is 1. The van der Waals surface area contributed by atoms with Crippen molar-refractivity contribution in [3.05, 3.63) is 35.4 Å². The van der Waals surface area contributed by atoms with Gasteiger partial charge in [0.1, 0.15) is 0 Å². The Balaban J connectivity index is 1.66. The number of hydrogen-bond donors (Lipinski definition) is 2. The van der Waals surface area contributed by atoms with Crippen LogP contribution in [0.15, 0.2) is 18.6 Å². The summed E-state index contributed by atoms with van der Waals surface area (Å²) in [5.41, 5.74) is 3.02. The first-order chi connectivity index (χ1) is 10.7. The van der Waals surface area contributed by atoms with Gasteiger partial charge in [-0.05, 0) is 19.8 Å². The number of aromatic amines is 1. The fourth-order valence-corrected chi connectivity index (χ4v) is 2.83. The normalized spacial score (nSPS) is 21.7. The first-order valence-corrected chi connectivity index (χ1v) is 7.52. The minimum Gasteiger partial charge on any atom is -0.373 e. The first kappa shape index (κ1) is 14.8. The molecule has 1 saturated heterocycles. The van der Waals surface area contributed by atoms with Crippen molar-refractivity contribution in [3.63, 3.8) is 0 Å². The van der Waals surface area contributed by atoms with Crippen LogP contribution in [0.4, 0.5) is 0 Å². The number of carbonyl (C=O) groups excluding carboxylic acids is 1. The van der Waals surface area contributed by atoms with Gasteiger partial charge in [-0.1, -0.05) is 0 Å². The number of amides is 1. The number of rotatable bonds is 4. The lowest BCUT2D eigenvalue weighted by atomic mass is 9.90. The standard InChI is InChI=1S/C15H21N5O2/c1-10-11(9-19-20(10)2)6-16-15(21)13-4-3-5-22-14(13)12-7-17-18-8-12/h7-9,13-14H,3-6H2,1-2H3,(H,16,21)(H,17,18)/t13-,14+/m1/s1. The fourth-order valence-electron chi connectivity index (χ4n) is 2.83. The molecule has 22 heavy (non-hydrogen) atoms. The van der Waals surface area contributed by atoms with Crippen LogP contribution < -0.4 is 5.32 Å². The molecule has 2 N–H and O–H groups in total. The molecule has 3 rings (SSSR count). The maximum atomic E-state index is 12.5. The summed E-state index contributed by atoms with van der Waals surface area (Å²) in [6.07, 6.45) is 6.82. The summed E-state index contributed by atoms with van der Waals surface area (Å²) in [7, 11) is 1.89. The molecule has 0 spiro atoms. The zero-order chi connectivity index (χ0) is 15.5. The van der Waals surface area contributed by atoms with Gasteiger partial charge in [0.25, 0.3) is 0 Å². The van der Waals surface area contributed by atoms with E-state index in [0.29, 0.717) is 13.2 Å². The lowest BCUT2D eigenvalue weighted by molar-refractivity contribution is -0.134. The summed E-state index contributed by atoms with van der Waals surface area (Å²) in [5, 5.41) is 13.9. The Hall–Kier alpha value is -2.15. The molecule has 1 aliphatic heterocycles. The minimum atomic E-state index is -0.220. The zero-order valence-corrected chi connectivity index (χ0v) is 12.9. The smallest absolute Gasteiger partial charge is 0.226 e. The van der Waals surface area contributed by atoms with E-state index >= 15 is 0 Å². The van der Waals surface area contributed by atoms with Crippen molar-refractivity contribution >= 4 is 5.91 Å². The Morgan fingerprint density at radius 3 is 3.09 bits per heavy atom. The van der Waals surface area contributed by atoms with Crippen LogP contribution >= 0.6 is 0 Å². The molecule has 7 nitrogen and oxygen atoms in total. The average molecular weight is 303 g/mol. The van der Waals surface area contributed by atoms with Gasteiger partial charge in [0, 0.05) is 43.2 Å². The third-order valence-corrected chi connectivity index (χ3v) is 4.30. The van der Waals surface area contributed by atoms with Gasteiger partial charge in [-0.2, -0.15) is 10.2 Å². The number of aromatic nitrogens is 4. The van der Waals surface area contributed by atoms with Gasteiger partial charge < -0.3 is 10.1 Å². The number of carbonyl (C=O) groups is 1. The number of H-pyrrole nitrogens is 1. The molecule has 1 fully saturated rings. The molecule has 0 aromatic carbocycles. The topological polar surface area (TPSA) is 84.8 Å². The van der Waals surface area contributed by atoms with Gasteiger partial charge in [-0.3, -0.25) is 14.6 Å². The van der Waals surface area contributed by atoms with Gasteiger partial charge >= 0.3 is 0 Å². The number of hydrogen-bond acceptors (Lipinski definition) is 4. The quantitative estimate of drug-likeness (QED) is 0.890. The SMILES string of the molecule is Cc1c(CNC(=O)[C@@H]2CCCO[C@H]2c2cn[nH]c2)cnn1C. The third kappa shape index (κ3) is 2.89. The van der Waals surface area contributed by atoms with Crippen LogP contribution in [0.2, 0.25) is 0 Å². The molecule has 0 radical (unpaired) electrons.